The molecule has 124 valence electrons. The zero-order valence-corrected chi connectivity index (χ0v) is 14.0. The third kappa shape index (κ3) is 3.77. The lowest BCUT2D eigenvalue weighted by atomic mass is 10.3. The average Bonchev–Trinajstić information content (AvgIpc) is 3.01. The van der Waals surface area contributed by atoms with E-state index < -0.39 is 21.6 Å². The van der Waals surface area contributed by atoms with E-state index in [9.17, 15) is 17.6 Å². The summed E-state index contributed by atoms with van der Waals surface area (Å²) < 4.78 is 38.1. The number of hydrogen-bond acceptors (Lipinski definition) is 5. The molecule has 5 nitrogen and oxygen atoms in total. The second kappa shape index (κ2) is 6.66. The molecule has 0 bridgehead atoms. The molecule has 0 spiro atoms. The van der Waals surface area contributed by atoms with E-state index in [1.165, 1.54) is 23.5 Å². The molecule has 0 unspecified atom stereocenters. The number of thiazole rings is 1. The van der Waals surface area contributed by atoms with E-state index in [2.05, 4.69) is 10.3 Å². The Morgan fingerprint density at radius 3 is 2.67 bits per heavy atom. The quantitative estimate of drug-likeness (QED) is 0.705. The van der Waals surface area contributed by atoms with Gasteiger partial charge in [-0.3, -0.25) is 4.79 Å². The fourth-order valence-electron chi connectivity index (χ4n) is 2.14. The highest BCUT2D eigenvalue weighted by molar-refractivity contribution is 7.91. The number of rotatable bonds is 5. The predicted octanol–water partition coefficient (Wildman–Crippen LogP) is 3.24. The highest BCUT2D eigenvalue weighted by Gasteiger charge is 2.16. The monoisotopic (exact) mass is 364 g/mol. The zero-order valence-electron chi connectivity index (χ0n) is 12.4. The van der Waals surface area contributed by atoms with Crippen molar-refractivity contribution in [2.24, 2.45) is 0 Å². The van der Waals surface area contributed by atoms with Crippen LogP contribution in [-0.4, -0.2) is 25.1 Å². The minimum Gasteiger partial charge on any atom is -0.326 e. The van der Waals surface area contributed by atoms with Crippen LogP contribution in [0.4, 0.5) is 10.1 Å². The van der Waals surface area contributed by atoms with Crippen LogP contribution in [0.1, 0.15) is 6.42 Å². The van der Waals surface area contributed by atoms with Gasteiger partial charge >= 0.3 is 0 Å². The van der Waals surface area contributed by atoms with Gasteiger partial charge in [-0.1, -0.05) is 0 Å². The maximum absolute atomic E-state index is 12.9. The van der Waals surface area contributed by atoms with Gasteiger partial charge in [0.05, 0.1) is 26.4 Å². The van der Waals surface area contributed by atoms with Crippen LogP contribution in [-0.2, 0) is 14.6 Å². The highest BCUT2D eigenvalue weighted by Crippen LogP contribution is 2.22. The van der Waals surface area contributed by atoms with Crippen molar-refractivity contribution >= 4 is 43.0 Å². The van der Waals surface area contributed by atoms with E-state index in [0.717, 1.165) is 22.3 Å². The second-order valence-electron chi connectivity index (χ2n) is 5.11. The molecule has 0 saturated carbocycles. The summed E-state index contributed by atoms with van der Waals surface area (Å²) in [5, 5.41) is 2.67. The SMILES string of the molecule is O=C(CCS(=O)(=O)c1ccc(F)cc1)Nc1ccc2ncsc2c1. The molecule has 1 N–H and O–H groups in total. The summed E-state index contributed by atoms with van der Waals surface area (Å²) in [6, 6.07) is 9.85. The molecule has 1 heterocycles. The summed E-state index contributed by atoms with van der Waals surface area (Å²) in [6.45, 7) is 0. The van der Waals surface area contributed by atoms with Crippen LogP contribution in [0.3, 0.4) is 0 Å². The standard InChI is InChI=1S/C16H13FN2O3S2/c17-11-1-4-13(5-2-11)24(21,22)8-7-16(20)19-12-3-6-14-15(9-12)23-10-18-14/h1-6,9-10H,7-8H2,(H,19,20). The van der Waals surface area contributed by atoms with Gasteiger partial charge in [-0.2, -0.15) is 0 Å². The molecule has 0 radical (unpaired) electrons. The number of nitrogens with zero attached hydrogens (tertiary/aromatic N) is 1. The molecule has 0 fully saturated rings. The van der Waals surface area contributed by atoms with Gasteiger partial charge in [-0.15, -0.1) is 11.3 Å². The Morgan fingerprint density at radius 2 is 1.92 bits per heavy atom. The first-order chi connectivity index (χ1) is 11.4. The first-order valence-corrected chi connectivity index (χ1v) is 9.59. The summed E-state index contributed by atoms with van der Waals surface area (Å²) in [4.78, 5) is 16.1. The maximum atomic E-state index is 12.9. The molecular formula is C16H13FN2O3S2. The summed E-state index contributed by atoms with van der Waals surface area (Å²) >= 11 is 1.46. The molecule has 3 rings (SSSR count). The number of sulfone groups is 1. The van der Waals surface area contributed by atoms with Gasteiger partial charge < -0.3 is 5.32 Å². The van der Waals surface area contributed by atoms with Crippen LogP contribution in [0.5, 0.6) is 0 Å². The van der Waals surface area contributed by atoms with Crippen LogP contribution in [0.15, 0.2) is 52.9 Å². The smallest absolute Gasteiger partial charge is 0.225 e. The Kier molecular flexibility index (Phi) is 4.59. The van der Waals surface area contributed by atoms with Crippen molar-refractivity contribution in [3.05, 3.63) is 53.8 Å². The second-order valence-corrected chi connectivity index (χ2v) is 8.10. The van der Waals surface area contributed by atoms with Gasteiger partial charge in [0.1, 0.15) is 5.82 Å². The lowest BCUT2D eigenvalue weighted by Crippen LogP contribution is -2.17. The van der Waals surface area contributed by atoms with Gasteiger partial charge in [0.2, 0.25) is 5.91 Å². The van der Waals surface area contributed by atoms with Crippen LogP contribution in [0.2, 0.25) is 0 Å². The van der Waals surface area contributed by atoms with Crippen LogP contribution in [0.25, 0.3) is 10.2 Å². The number of halogens is 1. The van der Waals surface area contributed by atoms with E-state index in [1.54, 1.807) is 23.7 Å². The van der Waals surface area contributed by atoms with Gasteiger partial charge in [-0.05, 0) is 42.5 Å². The first kappa shape index (κ1) is 16.5. The molecular weight excluding hydrogens is 351 g/mol. The molecule has 0 aliphatic rings. The Morgan fingerprint density at radius 1 is 1.17 bits per heavy atom. The third-order valence-electron chi connectivity index (χ3n) is 3.39. The molecule has 0 aliphatic heterocycles. The minimum atomic E-state index is -3.63. The predicted molar refractivity (Wildman–Crippen MR) is 91.3 cm³/mol. The van der Waals surface area contributed by atoms with Crippen LogP contribution >= 0.6 is 11.3 Å². The summed E-state index contributed by atoms with van der Waals surface area (Å²) in [6.07, 6.45) is -0.180. The normalized spacial score (nSPS) is 11.5. The van der Waals surface area contributed by atoms with Crippen molar-refractivity contribution in [1.82, 2.24) is 4.98 Å². The summed E-state index contributed by atoms with van der Waals surface area (Å²) in [7, 11) is -3.63. The number of benzene rings is 2. The van der Waals surface area contributed by atoms with E-state index >= 15 is 0 Å². The summed E-state index contributed by atoms with van der Waals surface area (Å²) in [5.74, 6) is -1.25. The number of nitrogens with one attached hydrogen (secondary N) is 1. The highest BCUT2D eigenvalue weighted by atomic mass is 32.2. The fraction of sp³-hybridized carbons (Fsp3) is 0.125. The number of amides is 1. The first-order valence-electron chi connectivity index (χ1n) is 7.05. The molecule has 0 aliphatic carbocycles. The van der Waals surface area contributed by atoms with Gasteiger partial charge in [0, 0.05) is 12.1 Å². The van der Waals surface area contributed by atoms with Crippen LogP contribution in [0, 0.1) is 5.82 Å². The largest absolute Gasteiger partial charge is 0.326 e. The molecule has 1 amide bonds. The molecule has 8 heteroatoms. The maximum Gasteiger partial charge on any atom is 0.225 e. The fourth-order valence-corrected chi connectivity index (χ4v) is 4.10. The number of anilines is 1. The van der Waals surface area contributed by atoms with Crippen molar-refractivity contribution in [2.75, 3.05) is 11.1 Å². The van der Waals surface area contributed by atoms with E-state index in [-0.39, 0.29) is 17.1 Å². The Labute approximate surface area is 142 Å². The molecule has 0 atom stereocenters. The van der Waals surface area contributed by atoms with E-state index in [1.807, 2.05) is 0 Å². The van der Waals surface area contributed by atoms with Crippen molar-refractivity contribution < 1.29 is 17.6 Å². The zero-order chi connectivity index (χ0) is 17.2. The van der Waals surface area contributed by atoms with Crippen molar-refractivity contribution in [3.63, 3.8) is 0 Å². The van der Waals surface area contributed by atoms with Gasteiger partial charge in [0.15, 0.2) is 9.84 Å². The molecule has 24 heavy (non-hydrogen) atoms. The number of fused-ring (bicyclic) bond motifs is 1. The van der Waals surface area contributed by atoms with E-state index in [4.69, 9.17) is 0 Å². The average molecular weight is 364 g/mol. The molecule has 0 saturated heterocycles. The lowest BCUT2D eigenvalue weighted by Gasteiger charge is -2.06. The number of carbonyl (C=O) groups excluding carboxylic acids is 1. The molecule has 2 aromatic carbocycles. The Bertz CT molecular complexity index is 982. The van der Waals surface area contributed by atoms with Gasteiger partial charge in [0.25, 0.3) is 0 Å². The number of carbonyl (C=O) groups is 1. The third-order valence-corrected chi connectivity index (χ3v) is 5.91. The Hall–Kier alpha value is -2.32. The van der Waals surface area contributed by atoms with E-state index in [0.29, 0.717) is 5.69 Å². The van der Waals surface area contributed by atoms with Crippen molar-refractivity contribution in [1.29, 1.82) is 0 Å². The molecule has 3 aromatic rings. The summed E-state index contributed by atoms with van der Waals surface area (Å²) in [5.41, 5.74) is 3.15. The molecule has 1 aromatic heterocycles. The van der Waals surface area contributed by atoms with Crippen molar-refractivity contribution in [3.8, 4) is 0 Å². The topological polar surface area (TPSA) is 76.1 Å². The van der Waals surface area contributed by atoms with Crippen LogP contribution < -0.4 is 5.32 Å². The lowest BCUT2D eigenvalue weighted by molar-refractivity contribution is -0.115. The van der Waals surface area contributed by atoms with Crippen molar-refractivity contribution in [2.45, 2.75) is 11.3 Å². The number of aromatic nitrogens is 1. The minimum absolute atomic E-state index is 0.00257. The Balaban J connectivity index is 1.63. The number of hydrogen-bond donors (Lipinski definition) is 1. The van der Waals surface area contributed by atoms with Gasteiger partial charge in [-0.25, -0.2) is 17.8 Å².